The number of phenols is 1. The highest BCUT2D eigenvalue weighted by atomic mass is 16.5. The molecule has 0 aliphatic heterocycles. The van der Waals surface area contributed by atoms with Crippen LogP contribution in [0.4, 0.5) is 0 Å². The molecule has 0 radical (unpaired) electrons. The lowest BCUT2D eigenvalue weighted by Gasteiger charge is -2.11. The highest BCUT2D eigenvalue weighted by Gasteiger charge is 2.16. The van der Waals surface area contributed by atoms with E-state index in [1.807, 2.05) is 0 Å². The van der Waals surface area contributed by atoms with Crippen molar-refractivity contribution in [3.8, 4) is 17.2 Å². The van der Waals surface area contributed by atoms with Crippen LogP contribution < -0.4 is 9.47 Å². The maximum absolute atomic E-state index is 12.2. The summed E-state index contributed by atoms with van der Waals surface area (Å²) in [6.07, 6.45) is 21.0. The number of aromatic hydroxyl groups is 1. The zero-order chi connectivity index (χ0) is 23.4. The van der Waals surface area contributed by atoms with Crippen molar-refractivity contribution in [2.45, 2.75) is 110 Å². The van der Waals surface area contributed by atoms with E-state index in [-0.39, 0.29) is 17.2 Å². The first-order valence-corrected chi connectivity index (χ1v) is 12.8. The molecule has 1 aromatic rings. The number of benzene rings is 1. The third kappa shape index (κ3) is 12.2. The molecule has 0 saturated carbocycles. The van der Waals surface area contributed by atoms with Crippen molar-refractivity contribution in [1.29, 1.82) is 0 Å². The molecule has 0 atom stereocenters. The first-order chi connectivity index (χ1) is 15.6. The standard InChI is InChI=1S/C27H46O5/c1-4-5-6-7-8-9-10-11-12-13-14-15-16-17-18-19-20-32-27(29)23-21-24(30-2)26(28)25(22-23)31-3/h21-22,28H,4-20H2,1-3H3. The molecular weight excluding hydrogens is 404 g/mol. The van der Waals surface area contributed by atoms with Crippen molar-refractivity contribution in [1.82, 2.24) is 0 Å². The molecule has 0 spiro atoms. The fourth-order valence-corrected chi connectivity index (χ4v) is 3.91. The quantitative estimate of drug-likeness (QED) is 0.162. The van der Waals surface area contributed by atoms with E-state index in [4.69, 9.17) is 14.2 Å². The number of phenolic OH excluding ortho intramolecular Hbond substituents is 1. The predicted octanol–water partition coefficient (Wildman–Crippen LogP) is 7.83. The molecule has 5 nitrogen and oxygen atoms in total. The number of carbonyl (C=O) groups is 1. The number of esters is 1. The Balaban J connectivity index is 1.97. The Labute approximate surface area is 195 Å². The Morgan fingerprint density at radius 3 is 1.44 bits per heavy atom. The van der Waals surface area contributed by atoms with Crippen LogP contribution in [-0.4, -0.2) is 31.9 Å². The highest BCUT2D eigenvalue weighted by molar-refractivity contribution is 5.91. The normalized spacial score (nSPS) is 10.8. The van der Waals surface area contributed by atoms with Gasteiger partial charge in [0.05, 0.1) is 26.4 Å². The number of hydrogen-bond acceptors (Lipinski definition) is 5. The Morgan fingerprint density at radius 2 is 1.06 bits per heavy atom. The van der Waals surface area contributed by atoms with Gasteiger partial charge in [0.25, 0.3) is 0 Å². The van der Waals surface area contributed by atoms with Gasteiger partial charge in [-0.2, -0.15) is 0 Å². The van der Waals surface area contributed by atoms with E-state index in [2.05, 4.69) is 6.92 Å². The van der Waals surface area contributed by atoms with E-state index in [1.54, 1.807) is 0 Å². The average molecular weight is 451 g/mol. The van der Waals surface area contributed by atoms with Gasteiger partial charge in [-0.05, 0) is 18.6 Å². The fraction of sp³-hybridized carbons (Fsp3) is 0.741. The van der Waals surface area contributed by atoms with Crippen LogP contribution in [0.5, 0.6) is 17.2 Å². The van der Waals surface area contributed by atoms with Gasteiger partial charge in [-0.25, -0.2) is 4.79 Å². The van der Waals surface area contributed by atoms with Crippen molar-refractivity contribution in [2.75, 3.05) is 20.8 Å². The molecule has 5 heteroatoms. The summed E-state index contributed by atoms with van der Waals surface area (Å²) in [5.74, 6) is -0.163. The first-order valence-electron chi connectivity index (χ1n) is 12.8. The predicted molar refractivity (Wildman–Crippen MR) is 131 cm³/mol. The number of ether oxygens (including phenoxy) is 3. The monoisotopic (exact) mass is 450 g/mol. The maximum Gasteiger partial charge on any atom is 0.338 e. The second kappa shape index (κ2) is 18.6. The van der Waals surface area contributed by atoms with Crippen LogP contribution in [0.3, 0.4) is 0 Å². The third-order valence-corrected chi connectivity index (χ3v) is 5.95. The van der Waals surface area contributed by atoms with Crippen LogP contribution in [0.1, 0.15) is 120 Å². The van der Waals surface area contributed by atoms with Gasteiger partial charge >= 0.3 is 5.97 Å². The molecular formula is C27H46O5. The minimum absolute atomic E-state index is 0.121. The molecule has 1 N–H and O–H groups in total. The second-order valence-corrected chi connectivity index (χ2v) is 8.67. The second-order valence-electron chi connectivity index (χ2n) is 8.67. The van der Waals surface area contributed by atoms with Crippen molar-refractivity contribution >= 4 is 5.97 Å². The molecule has 0 bridgehead atoms. The zero-order valence-corrected chi connectivity index (χ0v) is 20.8. The van der Waals surface area contributed by atoms with E-state index in [9.17, 15) is 9.90 Å². The molecule has 0 unspecified atom stereocenters. The van der Waals surface area contributed by atoms with Crippen molar-refractivity contribution in [3.63, 3.8) is 0 Å². The van der Waals surface area contributed by atoms with E-state index in [1.165, 1.54) is 116 Å². The van der Waals surface area contributed by atoms with Crippen LogP contribution >= 0.6 is 0 Å². The molecule has 0 aliphatic carbocycles. The SMILES string of the molecule is CCCCCCCCCCCCCCCCCCOC(=O)c1cc(OC)c(O)c(OC)c1. The maximum atomic E-state index is 12.2. The number of hydrogen-bond donors (Lipinski definition) is 1. The summed E-state index contributed by atoms with van der Waals surface area (Å²) in [4.78, 5) is 12.2. The molecule has 0 fully saturated rings. The smallest absolute Gasteiger partial charge is 0.338 e. The van der Waals surface area contributed by atoms with Crippen LogP contribution in [-0.2, 0) is 4.74 Å². The van der Waals surface area contributed by atoms with Crippen LogP contribution in [0.15, 0.2) is 12.1 Å². The number of unbranched alkanes of at least 4 members (excludes halogenated alkanes) is 15. The summed E-state index contributed by atoms with van der Waals surface area (Å²) in [7, 11) is 2.86. The Hall–Kier alpha value is -1.91. The van der Waals surface area contributed by atoms with Gasteiger partial charge in [-0.15, -0.1) is 0 Å². The Bertz CT molecular complexity index is 589. The Morgan fingerprint density at radius 1 is 0.688 bits per heavy atom. The summed E-state index contributed by atoms with van der Waals surface area (Å²) in [5.41, 5.74) is 0.313. The van der Waals surface area contributed by atoms with E-state index in [0.717, 1.165) is 12.8 Å². The molecule has 0 heterocycles. The lowest BCUT2D eigenvalue weighted by Crippen LogP contribution is -2.07. The fourth-order valence-electron chi connectivity index (χ4n) is 3.91. The van der Waals surface area contributed by atoms with Crippen LogP contribution in [0.2, 0.25) is 0 Å². The van der Waals surface area contributed by atoms with Crippen molar-refractivity contribution in [3.05, 3.63) is 17.7 Å². The summed E-state index contributed by atoms with van der Waals surface area (Å²) in [6, 6.07) is 2.93. The largest absolute Gasteiger partial charge is 0.502 e. The summed E-state index contributed by atoms with van der Waals surface area (Å²) in [5, 5.41) is 9.92. The van der Waals surface area contributed by atoms with E-state index >= 15 is 0 Å². The molecule has 1 aromatic carbocycles. The van der Waals surface area contributed by atoms with E-state index < -0.39 is 5.97 Å². The summed E-state index contributed by atoms with van der Waals surface area (Å²) in [6.45, 7) is 2.68. The van der Waals surface area contributed by atoms with Gasteiger partial charge in [0.2, 0.25) is 5.75 Å². The lowest BCUT2D eigenvalue weighted by atomic mass is 10.0. The van der Waals surface area contributed by atoms with Gasteiger partial charge in [-0.3, -0.25) is 0 Å². The molecule has 32 heavy (non-hydrogen) atoms. The minimum Gasteiger partial charge on any atom is -0.502 e. The number of methoxy groups -OCH3 is 2. The molecule has 0 aliphatic rings. The first kappa shape index (κ1) is 28.1. The third-order valence-electron chi connectivity index (χ3n) is 5.95. The molecule has 0 aromatic heterocycles. The van der Waals surface area contributed by atoms with Crippen LogP contribution in [0.25, 0.3) is 0 Å². The van der Waals surface area contributed by atoms with Crippen molar-refractivity contribution < 1.29 is 24.1 Å². The van der Waals surface area contributed by atoms with Gasteiger partial charge < -0.3 is 19.3 Å². The lowest BCUT2D eigenvalue weighted by molar-refractivity contribution is 0.0496. The minimum atomic E-state index is -0.428. The molecule has 0 amide bonds. The summed E-state index contributed by atoms with van der Waals surface area (Å²) < 4.78 is 15.5. The van der Waals surface area contributed by atoms with Gasteiger partial charge in [0, 0.05) is 0 Å². The summed E-state index contributed by atoms with van der Waals surface area (Å²) >= 11 is 0. The average Bonchev–Trinajstić information content (AvgIpc) is 2.81. The highest BCUT2D eigenvalue weighted by Crippen LogP contribution is 2.37. The van der Waals surface area contributed by atoms with E-state index in [0.29, 0.717) is 12.2 Å². The number of carbonyl (C=O) groups excluding carboxylic acids is 1. The van der Waals surface area contributed by atoms with Gasteiger partial charge in [0.15, 0.2) is 11.5 Å². The van der Waals surface area contributed by atoms with Gasteiger partial charge in [-0.1, -0.05) is 103 Å². The Kier molecular flexibility index (Phi) is 16.4. The van der Waals surface area contributed by atoms with Crippen LogP contribution in [0, 0.1) is 0 Å². The topological polar surface area (TPSA) is 65.0 Å². The van der Waals surface area contributed by atoms with Crippen molar-refractivity contribution in [2.24, 2.45) is 0 Å². The molecule has 0 saturated heterocycles. The zero-order valence-electron chi connectivity index (χ0n) is 20.8. The molecule has 184 valence electrons. The number of rotatable bonds is 20. The molecule has 1 rings (SSSR count). The van der Waals surface area contributed by atoms with Gasteiger partial charge in [0.1, 0.15) is 0 Å².